The second-order valence-electron chi connectivity index (χ2n) is 6.72. The van der Waals surface area contributed by atoms with Crippen LogP contribution < -0.4 is 5.32 Å². The first-order chi connectivity index (χ1) is 13.5. The number of ether oxygens (including phenoxy) is 1. The van der Waals surface area contributed by atoms with Gasteiger partial charge in [0.25, 0.3) is 5.91 Å². The Morgan fingerprint density at radius 1 is 1.29 bits per heavy atom. The smallest absolute Gasteiger partial charge is 0.259 e. The summed E-state index contributed by atoms with van der Waals surface area (Å²) in [6, 6.07) is 6.68. The molecule has 7 nitrogen and oxygen atoms in total. The molecule has 0 radical (unpaired) electrons. The highest BCUT2D eigenvalue weighted by Crippen LogP contribution is 2.29. The van der Waals surface area contributed by atoms with Crippen LogP contribution in [0.2, 0.25) is 5.02 Å². The zero-order valence-electron chi connectivity index (χ0n) is 15.9. The zero-order valence-corrected chi connectivity index (χ0v) is 16.7. The molecule has 0 saturated carbocycles. The van der Waals surface area contributed by atoms with Crippen LogP contribution in [0.4, 0.5) is 5.69 Å². The monoisotopic (exact) mass is 402 g/mol. The predicted molar refractivity (Wildman–Crippen MR) is 106 cm³/mol. The van der Waals surface area contributed by atoms with Gasteiger partial charge in [-0.15, -0.1) is 0 Å². The van der Waals surface area contributed by atoms with E-state index in [-0.39, 0.29) is 24.5 Å². The number of nitrogens with one attached hydrogen (secondary N) is 1. The summed E-state index contributed by atoms with van der Waals surface area (Å²) in [6.45, 7) is 2.47. The Bertz CT molecular complexity index is 857. The summed E-state index contributed by atoms with van der Waals surface area (Å²) >= 11 is 5.87. The summed E-state index contributed by atoms with van der Waals surface area (Å²) in [4.78, 5) is 35.6. The Labute approximate surface area is 169 Å². The highest BCUT2D eigenvalue weighted by molar-refractivity contribution is 6.30. The molecule has 1 aliphatic rings. The van der Waals surface area contributed by atoms with E-state index in [1.54, 1.807) is 36.1 Å². The van der Waals surface area contributed by atoms with Gasteiger partial charge in [0, 0.05) is 30.6 Å². The maximum absolute atomic E-state index is 12.6. The minimum atomic E-state index is -0.290. The van der Waals surface area contributed by atoms with Gasteiger partial charge in [0.1, 0.15) is 6.61 Å². The molecule has 0 unspecified atom stereocenters. The number of aromatic nitrogens is 2. The lowest BCUT2D eigenvalue weighted by atomic mass is 10.0. The average molecular weight is 403 g/mol. The van der Waals surface area contributed by atoms with Gasteiger partial charge in [-0.1, -0.05) is 11.6 Å². The summed E-state index contributed by atoms with van der Waals surface area (Å²) in [5, 5.41) is 3.41. The number of hydrogen-bond donors (Lipinski definition) is 1. The van der Waals surface area contributed by atoms with Crippen LogP contribution in [-0.4, -0.2) is 46.9 Å². The van der Waals surface area contributed by atoms with Crippen LogP contribution in [0.5, 0.6) is 0 Å². The highest BCUT2D eigenvalue weighted by Gasteiger charge is 2.30. The van der Waals surface area contributed by atoms with Crippen molar-refractivity contribution in [3.63, 3.8) is 0 Å². The van der Waals surface area contributed by atoms with Gasteiger partial charge < -0.3 is 15.0 Å². The number of carbonyl (C=O) groups is 2. The molecule has 1 aromatic carbocycles. The van der Waals surface area contributed by atoms with Gasteiger partial charge in [0.05, 0.1) is 17.3 Å². The Morgan fingerprint density at radius 2 is 2.04 bits per heavy atom. The molecule has 148 valence electrons. The number of nitrogens with zero attached hydrogens (tertiary/aromatic N) is 3. The zero-order chi connectivity index (χ0) is 20.1. The van der Waals surface area contributed by atoms with E-state index >= 15 is 0 Å². The first kappa shape index (κ1) is 20.2. The quantitative estimate of drug-likeness (QED) is 0.828. The molecule has 8 heteroatoms. The second-order valence-corrected chi connectivity index (χ2v) is 7.16. The first-order valence-corrected chi connectivity index (χ1v) is 9.56. The molecule has 3 rings (SSSR count). The van der Waals surface area contributed by atoms with E-state index in [1.807, 2.05) is 0 Å². The SMILES string of the molecule is COCC(=O)N1CCCC[C@@H]1c1ncc(C(=O)Nc2ccc(Cl)cc2)c(C)n1. The van der Waals surface area contributed by atoms with Crippen molar-refractivity contribution in [3.05, 3.63) is 52.6 Å². The number of anilines is 1. The molecule has 2 aromatic rings. The molecule has 1 N–H and O–H groups in total. The maximum atomic E-state index is 12.6. The number of rotatable bonds is 5. The Kier molecular flexibility index (Phi) is 6.59. The normalized spacial score (nSPS) is 16.7. The number of likely N-dealkylation sites (tertiary alicyclic amines) is 1. The summed E-state index contributed by atoms with van der Waals surface area (Å²) in [5.74, 6) is 0.199. The standard InChI is InChI=1S/C20H23ClN4O3/c1-13-16(20(27)24-15-8-6-14(21)7-9-15)11-22-19(23-13)17-5-3-4-10-25(17)18(26)12-28-2/h6-9,11,17H,3-5,10,12H2,1-2H3,(H,24,27)/t17-/m1/s1. The first-order valence-electron chi connectivity index (χ1n) is 9.18. The van der Waals surface area contributed by atoms with Crippen LogP contribution in [0.1, 0.15) is 47.2 Å². The van der Waals surface area contributed by atoms with Crippen molar-refractivity contribution >= 4 is 29.1 Å². The molecule has 0 spiro atoms. The second kappa shape index (κ2) is 9.12. The maximum Gasteiger partial charge on any atom is 0.259 e. The van der Waals surface area contributed by atoms with E-state index in [0.29, 0.717) is 34.3 Å². The van der Waals surface area contributed by atoms with Crippen LogP contribution in [0.15, 0.2) is 30.5 Å². The summed E-state index contributed by atoms with van der Waals surface area (Å²) in [5.41, 5.74) is 1.60. The lowest BCUT2D eigenvalue weighted by molar-refractivity contribution is -0.139. The Morgan fingerprint density at radius 3 is 2.71 bits per heavy atom. The molecule has 1 saturated heterocycles. The van der Waals surface area contributed by atoms with Crippen molar-refractivity contribution < 1.29 is 14.3 Å². The fraction of sp³-hybridized carbons (Fsp3) is 0.400. The number of methoxy groups -OCH3 is 1. The third-order valence-electron chi connectivity index (χ3n) is 4.73. The highest BCUT2D eigenvalue weighted by atomic mass is 35.5. The number of carbonyl (C=O) groups excluding carboxylic acids is 2. The molecule has 1 aliphatic heterocycles. The number of halogens is 1. The predicted octanol–water partition coefficient (Wildman–Crippen LogP) is 3.39. The molecular formula is C20H23ClN4O3. The number of amides is 2. The summed E-state index contributed by atoms with van der Waals surface area (Å²) in [6.07, 6.45) is 4.27. The molecular weight excluding hydrogens is 380 g/mol. The average Bonchev–Trinajstić information content (AvgIpc) is 2.69. The van der Waals surface area contributed by atoms with E-state index in [0.717, 1.165) is 19.3 Å². The van der Waals surface area contributed by atoms with Crippen LogP contribution in [0.25, 0.3) is 0 Å². The van der Waals surface area contributed by atoms with Crippen molar-refractivity contribution in [2.24, 2.45) is 0 Å². The van der Waals surface area contributed by atoms with Crippen molar-refractivity contribution in [2.75, 3.05) is 25.6 Å². The molecule has 1 atom stereocenters. The Hall–Kier alpha value is -2.51. The van der Waals surface area contributed by atoms with Crippen LogP contribution in [0.3, 0.4) is 0 Å². The molecule has 2 amide bonds. The molecule has 1 fully saturated rings. The van der Waals surface area contributed by atoms with E-state index < -0.39 is 0 Å². The summed E-state index contributed by atoms with van der Waals surface area (Å²) in [7, 11) is 1.51. The van der Waals surface area contributed by atoms with Gasteiger partial charge in [0.15, 0.2) is 5.82 Å². The fourth-order valence-corrected chi connectivity index (χ4v) is 3.43. The van der Waals surface area contributed by atoms with Crippen molar-refractivity contribution in [1.29, 1.82) is 0 Å². The van der Waals surface area contributed by atoms with Gasteiger partial charge >= 0.3 is 0 Å². The molecule has 2 heterocycles. The lowest BCUT2D eigenvalue weighted by Gasteiger charge is -2.34. The number of piperidine rings is 1. The van der Waals surface area contributed by atoms with Gasteiger partial charge in [-0.2, -0.15) is 0 Å². The minimum absolute atomic E-state index is 0.0388. The lowest BCUT2D eigenvalue weighted by Crippen LogP contribution is -2.41. The van der Waals surface area contributed by atoms with Crippen LogP contribution >= 0.6 is 11.6 Å². The third kappa shape index (κ3) is 4.66. The van der Waals surface area contributed by atoms with Gasteiger partial charge in [0.2, 0.25) is 5.91 Å². The molecule has 0 bridgehead atoms. The van der Waals surface area contributed by atoms with Crippen molar-refractivity contribution in [1.82, 2.24) is 14.9 Å². The summed E-state index contributed by atoms with van der Waals surface area (Å²) < 4.78 is 4.99. The minimum Gasteiger partial charge on any atom is -0.375 e. The van der Waals surface area contributed by atoms with E-state index in [4.69, 9.17) is 16.3 Å². The number of aryl methyl sites for hydroxylation is 1. The van der Waals surface area contributed by atoms with Crippen molar-refractivity contribution in [2.45, 2.75) is 32.2 Å². The molecule has 28 heavy (non-hydrogen) atoms. The third-order valence-corrected chi connectivity index (χ3v) is 4.99. The van der Waals surface area contributed by atoms with E-state index in [9.17, 15) is 9.59 Å². The Balaban J connectivity index is 1.78. The topological polar surface area (TPSA) is 84.4 Å². The molecule has 0 aliphatic carbocycles. The van der Waals surface area contributed by atoms with E-state index in [1.165, 1.54) is 13.3 Å². The van der Waals surface area contributed by atoms with Crippen LogP contribution in [-0.2, 0) is 9.53 Å². The largest absolute Gasteiger partial charge is 0.375 e. The van der Waals surface area contributed by atoms with Gasteiger partial charge in [-0.25, -0.2) is 9.97 Å². The fourth-order valence-electron chi connectivity index (χ4n) is 3.31. The number of hydrogen-bond acceptors (Lipinski definition) is 5. The van der Waals surface area contributed by atoms with Gasteiger partial charge in [-0.05, 0) is 50.5 Å². The molecule has 1 aromatic heterocycles. The van der Waals surface area contributed by atoms with Gasteiger partial charge in [-0.3, -0.25) is 9.59 Å². The van der Waals surface area contributed by atoms with E-state index in [2.05, 4.69) is 15.3 Å². The van der Waals surface area contributed by atoms with Crippen LogP contribution in [0, 0.1) is 6.92 Å². The van der Waals surface area contributed by atoms with Crippen molar-refractivity contribution in [3.8, 4) is 0 Å². The number of benzene rings is 1.